The Labute approximate surface area is 109 Å². The minimum Gasteiger partial charge on any atom is -0.389 e. The molecule has 9 heteroatoms. The van der Waals surface area contributed by atoms with E-state index in [1.54, 1.807) is 0 Å². The molecule has 0 aliphatic rings. The summed E-state index contributed by atoms with van der Waals surface area (Å²) in [6, 6.07) is 0.628. The van der Waals surface area contributed by atoms with E-state index >= 15 is 0 Å². The van der Waals surface area contributed by atoms with Crippen molar-refractivity contribution in [3.63, 3.8) is 0 Å². The van der Waals surface area contributed by atoms with Crippen molar-refractivity contribution in [1.82, 2.24) is 0 Å². The molecule has 2 atom stereocenters. The number of hydrogen-bond acceptors (Lipinski definition) is 3. The molecular weight excluding hydrogens is 292 g/mol. The fourth-order valence-electron chi connectivity index (χ4n) is 1.50. The van der Waals surface area contributed by atoms with Crippen LogP contribution in [-0.2, 0) is 12.4 Å². The third kappa shape index (κ3) is 3.84. The zero-order chi connectivity index (χ0) is 15.7. The molecule has 1 aromatic rings. The summed E-state index contributed by atoms with van der Waals surface area (Å²) in [5.74, 6) is 0. The van der Waals surface area contributed by atoms with Crippen molar-refractivity contribution >= 4 is 0 Å². The Morgan fingerprint density at radius 3 is 1.60 bits per heavy atom. The van der Waals surface area contributed by atoms with Crippen molar-refractivity contribution < 1.29 is 36.6 Å². The number of aliphatic hydroxyl groups excluding tert-OH is 2. The Hall–Kier alpha value is -1.32. The van der Waals surface area contributed by atoms with E-state index in [0.717, 1.165) is 0 Å². The first-order valence-electron chi connectivity index (χ1n) is 5.32. The summed E-state index contributed by atoms with van der Waals surface area (Å²) in [4.78, 5) is 0. The van der Waals surface area contributed by atoms with Crippen LogP contribution in [0.15, 0.2) is 18.2 Å². The van der Waals surface area contributed by atoms with Gasteiger partial charge in [0.2, 0.25) is 0 Å². The monoisotopic (exact) mass is 303 g/mol. The molecule has 0 amide bonds. The minimum atomic E-state index is -5.01. The highest BCUT2D eigenvalue weighted by Crippen LogP contribution is 2.37. The maximum absolute atomic E-state index is 12.5. The fraction of sp³-hybridized carbons (Fsp3) is 0.455. The largest absolute Gasteiger partial charge is 0.416 e. The average molecular weight is 303 g/mol. The van der Waals surface area contributed by atoms with Crippen LogP contribution in [0.5, 0.6) is 0 Å². The lowest BCUT2D eigenvalue weighted by atomic mass is 9.98. The number of nitrogens with two attached hydrogens (primary N) is 1. The van der Waals surface area contributed by atoms with E-state index in [2.05, 4.69) is 0 Å². The number of hydrogen-bond donors (Lipinski definition) is 3. The predicted octanol–water partition coefficient (Wildman–Crippen LogP) is 2.08. The Kier molecular flexibility index (Phi) is 4.67. The SMILES string of the molecule is NCC(O)C(O)c1cc(C(F)(F)F)cc(C(F)(F)F)c1. The third-order valence-corrected chi connectivity index (χ3v) is 2.56. The van der Waals surface area contributed by atoms with Crippen LogP contribution in [-0.4, -0.2) is 22.9 Å². The molecule has 20 heavy (non-hydrogen) atoms. The molecule has 0 aliphatic heterocycles. The van der Waals surface area contributed by atoms with Crippen LogP contribution < -0.4 is 5.73 Å². The highest BCUT2D eigenvalue weighted by Gasteiger charge is 2.37. The lowest BCUT2D eigenvalue weighted by Gasteiger charge is -2.20. The molecule has 0 saturated carbocycles. The van der Waals surface area contributed by atoms with Crippen LogP contribution in [0, 0.1) is 0 Å². The molecule has 0 heterocycles. The van der Waals surface area contributed by atoms with Gasteiger partial charge in [-0.2, -0.15) is 26.3 Å². The zero-order valence-corrected chi connectivity index (χ0v) is 9.83. The second-order valence-corrected chi connectivity index (χ2v) is 4.09. The molecule has 0 aromatic heterocycles. The number of aliphatic hydroxyl groups is 2. The Balaban J connectivity index is 3.38. The van der Waals surface area contributed by atoms with Gasteiger partial charge in [0.25, 0.3) is 0 Å². The molecule has 0 spiro atoms. The highest BCUT2D eigenvalue weighted by molar-refractivity contribution is 5.35. The van der Waals surface area contributed by atoms with Crippen LogP contribution in [0.3, 0.4) is 0 Å². The molecule has 0 fully saturated rings. The van der Waals surface area contributed by atoms with Crippen LogP contribution in [0.2, 0.25) is 0 Å². The molecule has 0 aliphatic carbocycles. The quantitative estimate of drug-likeness (QED) is 0.749. The fourth-order valence-corrected chi connectivity index (χ4v) is 1.50. The van der Waals surface area contributed by atoms with Crippen molar-refractivity contribution in [2.24, 2.45) is 5.73 Å². The van der Waals surface area contributed by atoms with E-state index in [9.17, 15) is 36.6 Å². The molecule has 0 radical (unpaired) electrons. The molecule has 4 N–H and O–H groups in total. The van der Waals surface area contributed by atoms with Crippen LogP contribution in [0.4, 0.5) is 26.3 Å². The van der Waals surface area contributed by atoms with Crippen LogP contribution in [0.25, 0.3) is 0 Å². The van der Waals surface area contributed by atoms with E-state index < -0.39 is 47.8 Å². The lowest BCUT2D eigenvalue weighted by molar-refractivity contribution is -0.143. The smallest absolute Gasteiger partial charge is 0.389 e. The Bertz CT molecular complexity index is 439. The molecule has 2 unspecified atom stereocenters. The normalized spacial score (nSPS) is 16.1. The van der Waals surface area contributed by atoms with Crippen molar-refractivity contribution in [1.29, 1.82) is 0 Å². The summed E-state index contributed by atoms with van der Waals surface area (Å²) in [5.41, 5.74) is 1.17. The summed E-state index contributed by atoms with van der Waals surface area (Å²) in [6.07, 6.45) is -13.6. The second kappa shape index (κ2) is 5.58. The molecule has 1 aromatic carbocycles. The summed E-state index contributed by atoms with van der Waals surface area (Å²) in [5, 5.41) is 18.7. The van der Waals surface area contributed by atoms with E-state index in [0.29, 0.717) is 12.1 Å². The van der Waals surface area contributed by atoms with Gasteiger partial charge in [0.1, 0.15) is 6.10 Å². The van der Waals surface area contributed by atoms with Gasteiger partial charge in [-0.1, -0.05) is 0 Å². The van der Waals surface area contributed by atoms with Gasteiger partial charge in [-0.3, -0.25) is 0 Å². The van der Waals surface area contributed by atoms with Gasteiger partial charge in [0, 0.05) is 6.54 Å². The van der Waals surface area contributed by atoms with E-state index in [1.165, 1.54) is 0 Å². The number of halogens is 6. The van der Waals surface area contributed by atoms with Crippen molar-refractivity contribution in [2.45, 2.75) is 24.6 Å². The third-order valence-electron chi connectivity index (χ3n) is 2.56. The standard InChI is InChI=1S/C11H11F6NO2/c12-10(13,14)6-1-5(9(20)8(19)4-18)2-7(3-6)11(15,16)17/h1-3,8-9,19-20H,4,18H2. The maximum Gasteiger partial charge on any atom is 0.416 e. The van der Waals surface area contributed by atoms with Gasteiger partial charge in [-0.15, -0.1) is 0 Å². The lowest BCUT2D eigenvalue weighted by Crippen LogP contribution is -2.27. The minimum absolute atomic E-state index is 0.0644. The number of alkyl halides is 6. The van der Waals surface area contributed by atoms with E-state index in [4.69, 9.17) is 5.73 Å². The van der Waals surface area contributed by atoms with Gasteiger partial charge < -0.3 is 15.9 Å². The van der Waals surface area contributed by atoms with Crippen LogP contribution in [0.1, 0.15) is 22.8 Å². The first-order valence-corrected chi connectivity index (χ1v) is 5.32. The first-order chi connectivity index (χ1) is 8.96. The van der Waals surface area contributed by atoms with Crippen LogP contribution >= 0.6 is 0 Å². The topological polar surface area (TPSA) is 66.5 Å². The summed E-state index contributed by atoms with van der Waals surface area (Å²) >= 11 is 0. The summed E-state index contributed by atoms with van der Waals surface area (Å²) < 4.78 is 75.3. The van der Waals surface area contributed by atoms with E-state index in [-0.39, 0.29) is 6.07 Å². The van der Waals surface area contributed by atoms with Crippen molar-refractivity contribution in [2.75, 3.05) is 6.54 Å². The highest BCUT2D eigenvalue weighted by atomic mass is 19.4. The molecule has 114 valence electrons. The molecule has 3 nitrogen and oxygen atoms in total. The predicted molar refractivity (Wildman–Crippen MR) is 56.5 cm³/mol. The van der Waals surface area contributed by atoms with Crippen molar-refractivity contribution in [3.8, 4) is 0 Å². The summed E-state index contributed by atoms with van der Waals surface area (Å²) in [7, 11) is 0. The zero-order valence-electron chi connectivity index (χ0n) is 9.83. The first kappa shape index (κ1) is 16.7. The van der Waals surface area contributed by atoms with E-state index in [1.807, 2.05) is 0 Å². The molecule has 1 rings (SSSR count). The molecular formula is C11H11F6NO2. The summed E-state index contributed by atoms with van der Waals surface area (Å²) in [6.45, 7) is -0.515. The van der Waals surface area contributed by atoms with Gasteiger partial charge >= 0.3 is 12.4 Å². The molecule has 0 bridgehead atoms. The van der Waals surface area contributed by atoms with Gasteiger partial charge in [0.05, 0.1) is 17.2 Å². The van der Waals surface area contributed by atoms with Gasteiger partial charge in [-0.25, -0.2) is 0 Å². The Morgan fingerprint density at radius 2 is 1.30 bits per heavy atom. The average Bonchev–Trinajstić information content (AvgIpc) is 2.34. The number of benzene rings is 1. The maximum atomic E-state index is 12.5. The molecule has 0 saturated heterocycles. The van der Waals surface area contributed by atoms with Gasteiger partial charge in [0.15, 0.2) is 0 Å². The number of rotatable bonds is 3. The van der Waals surface area contributed by atoms with Gasteiger partial charge in [-0.05, 0) is 23.8 Å². The van der Waals surface area contributed by atoms with Crippen molar-refractivity contribution in [3.05, 3.63) is 34.9 Å². The second-order valence-electron chi connectivity index (χ2n) is 4.09. The Morgan fingerprint density at radius 1 is 0.900 bits per heavy atom.